The van der Waals surface area contributed by atoms with Gasteiger partial charge in [-0.25, -0.2) is 9.59 Å². The summed E-state index contributed by atoms with van der Waals surface area (Å²) in [6, 6.07) is 0. The van der Waals surface area contributed by atoms with Crippen molar-refractivity contribution in [3.8, 4) is 0 Å². The lowest BCUT2D eigenvalue weighted by molar-refractivity contribution is 0.0527. The highest BCUT2D eigenvalue weighted by atomic mass is 79.9. The van der Waals surface area contributed by atoms with Gasteiger partial charge >= 0.3 is 11.9 Å². The number of carbonyl (C=O) groups excluding carboxylic acids is 3. The number of aromatic nitrogens is 2. The third-order valence-corrected chi connectivity index (χ3v) is 6.26. The Hall–Kier alpha value is -1.72. The van der Waals surface area contributed by atoms with E-state index < -0.39 is 17.8 Å². The van der Waals surface area contributed by atoms with E-state index in [9.17, 15) is 14.4 Å². The molecule has 2 aromatic heterocycles. The van der Waals surface area contributed by atoms with Crippen LogP contribution in [0.1, 0.15) is 49.9 Å². The molecule has 26 heavy (non-hydrogen) atoms. The summed E-state index contributed by atoms with van der Waals surface area (Å²) in [5.74, 6) is -1.75. The van der Waals surface area contributed by atoms with E-state index in [-0.39, 0.29) is 34.3 Å². The molecule has 2 aromatic rings. The van der Waals surface area contributed by atoms with Gasteiger partial charge in [0, 0.05) is 0 Å². The Balaban J connectivity index is 2.43. The van der Waals surface area contributed by atoms with E-state index in [2.05, 4.69) is 47.4 Å². The van der Waals surface area contributed by atoms with Gasteiger partial charge in [0.05, 0.1) is 23.2 Å². The minimum Gasteiger partial charge on any atom is -0.462 e. The number of aromatic amines is 1. The Bertz CT molecular complexity index is 862. The van der Waals surface area contributed by atoms with Crippen LogP contribution in [0, 0.1) is 6.92 Å². The lowest BCUT2D eigenvalue weighted by atomic mass is 10.1. The summed E-state index contributed by atoms with van der Waals surface area (Å²) >= 11 is 7.39. The number of carbonyl (C=O) groups is 3. The molecule has 2 rings (SSSR count). The van der Waals surface area contributed by atoms with Crippen molar-refractivity contribution in [3.05, 3.63) is 30.8 Å². The van der Waals surface area contributed by atoms with Gasteiger partial charge in [-0.05, 0) is 58.2 Å². The average molecular weight is 509 g/mol. The van der Waals surface area contributed by atoms with Crippen molar-refractivity contribution in [2.24, 2.45) is 0 Å². The van der Waals surface area contributed by atoms with Crippen molar-refractivity contribution in [1.29, 1.82) is 0 Å². The number of nitrogens with zero attached hydrogens (tertiary/aromatic N) is 1. The first-order chi connectivity index (χ1) is 12.3. The van der Waals surface area contributed by atoms with Gasteiger partial charge in [-0.2, -0.15) is 5.10 Å². The summed E-state index contributed by atoms with van der Waals surface area (Å²) in [5.41, 5.74) is 0.610. The van der Waals surface area contributed by atoms with Gasteiger partial charge in [-0.15, -0.1) is 11.3 Å². The molecule has 0 radical (unpaired) electrons. The van der Waals surface area contributed by atoms with Crippen LogP contribution in [0.15, 0.2) is 9.08 Å². The molecule has 0 saturated carbocycles. The number of esters is 2. The van der Waals surface area contributed by atoms with Gasteiger partial charge in [0.25, 0.3) is 5.91 Å². The second-order valence-electron chi connectivity index (χ2n) is 4.86. The van der Waals surface area contributed by atoms with Crippen molar-refractivity contribution < 1.29 is 23.9 Å². The third-order valence-electron chi connectivity index (χ3n) is 3.20. The molecule has 0 atom stereocenters. The van der Waals surface area contributed by atoms with Crippen molar-refractivity contribution >= 4 is 66.0 Å². The second kappa shape index (κ2) is 8.78. The van der Waals surface area contributed by atoms with E-state index in [4.69, 9.17) is 9.47 Å². The van der Waals surface area contributed by atoms with Crippen molar-refractivity contribution in [2.75, 3.05) is 18.5 Å². The highest BCUT2D eigenvalue weighted by molar-refractivity contribution is 9.13. The minimum absolute atomic E-state index is 0.0930. The van der Waals surface area contributed by atoms with Crippen molar-refractivity contribution in [1.82, 2.24) is 10.2 Å². The first kappa shape index (κ1) is 20.6. The maximum Gasteiger partial charge on any atom is 0.348 e. The number of thiophene rings is 1. The van der Waals surface area contributed by atoms with Crippen LogP contribution in [0.2, 0.25) is 0 Å². The SMILES string of the molecule is CCOC(=O)c1sc(NC(=O)c2n[nH]c(Br)c2Br)c(C(=O)OCC)c1C. The predicted octanol–water partition coefficient (Wildman–Crippen LogP) is 3.91. The molecular weight excluding hydrogens is 494 g/mol. The zero-order chi connectivity index (χ0) is 19.4. The summed E-state index contributed by atoms with van der Waals surface area (Å²) in [6.45, 7) is 5.31. The van der Waals surface area contributed by atoms with Crippen LogP contribution < -0.4 is 5.32 Å². The standard InChI is InChI=1S/C15H15Br2N3O5S/c1-4-24-14(22)7-6(3)10(15(23)25-5-2)26-13(7)18-12(21)9-8(16)11(17)20-19-9/h4-5H2,1-3H3,(H,18,21)(H,19,20). The number of rotatable bonds is 6. The minimum atomic E-state index is -0.630. The second-order valence-corrected chi connectivity index (χ2v) is 7.46. The van der Waals surface area contributed by atoms with E-state index in [0.717, 1.165) is 11.3 Å². The summed E-state index contributed by atoms with van der Waals surface area (Å²) in [4.78, 5) is 37.1. The van der Waals surface area contributed by atoms with E-state index in [1.807, 2.05) is 0 Å². The van der Waals surface area contributed by atoms with E-state index in [0.29, 0.717) is 14.6 Å². The first-order valence-electron chi connectivity index (χ1n) is 7.50. The van der Waals surface area contributed by atoms with Crippen molar-refractivity contribution in [2.45, 2.75) is 20.8 Å². The fourth-order valence-electron chi connectivity index (χ4n) is 2.06. The quantitative estimate of drug-likeness (QED) is 0.572. The number of nitrogens with one attached hydrogen (secondary N) is 2. The Kier molecular flexibility index (Phi) is 6.95. The van der Waals surface area contributed by atoms with E-state index in [1.54, 1.807) is 20.8 Å². The van der Waals surface area contributed by atoms with Crippen LogP contribution in [-0.2, 0) is 9.47 Å². The number of hydrogen-bond acceptors (Lipinski definition) is 7. The summed E-state index contributed by atoms with van der Waals surface area (Å²) in [6.07, 6.45) is 0. The maximum atomic E-state index is 12.5. The summed E-state index contributed by atoms with van der Waals surface area (Å²) in [7, 11) is 0. The Labute approximate surface area is 169 Å². The molecule has 0 bridgehead atoms. The molecule has 0 aliphatic heterocycles. The average Bonchev–Trinajstić information content (AvgIpc) is 3.08. The molecule has 0 spiro atoms. The molecule has 0 saturated heterocycles. The van der Waals surface area contributed by atoms with Crippen LogP contribution in [0.5, 0.6) is 0 Å². The molecular formula is C15H15Br2N3O5S. The molecule has 140 valence electrons. The van der Waals surface area contributed by atoms with Gasteiger partial charge in [0.1, 0.15) is 14.5 Å². The highest BCUT2D eigenvalue weighted by Crippen LogP contribution is 2.35. The lowest BCUT2D eigenvalue weighted by Gasteiger charge is -2.06. The number of anilines is 1. The molecule has 1 amide bonds. The zero-order valence-electron chi connectivity index (χ0n) is 14.1. The van der Waals surface area contributed by atoms with Crippen LogP contribution in [-0.4, -0.2) is 41.3 Å². The van der Waals surface area contributed by atoms with E-state index >= 15 is 0 Å². The number of hydrogen-bond donors (Lipinski definition) is 2. The maximum absolute atomic E-state index is 12.5. The van der Waals surface area contributed by atoms with Crippen LogP contribution in [0.3, 0.4) is 0 Å². The van der Waals surface area contributed by atoms with Gasteiger partial charge in [0.2, 0.25) is 0 Å². The summed E-state index contributed by atoms with van der Waals surface area (Å²) < 4.78 is 11.0. The molecule has 2 heterocycles. The number of halogens is 2. The Morgan fingerprint density at radius 2 is 1.77 bits per heavy atom. The monoisotopic (exact) mass is 507 g/mol. The van der Waals surface area contributed by atoms with Crippen molar-refractivity contribution in [3.63, 3.8) is 0 Å². The third kappa shape index (κ3) is 4.15. The largest absolute Gasteiger partial charge is 0.462 e. The fraction of sp³-hybridized carbons (Fsp3) is 0.333. The topological polar surface area (TPSA) is 110 Å². The molecule has 8 nitrogen and oxygen atoms in total. The van der Waals surface area contributed by atoms with Crippen LogP contribution >= 0.6 is 43.2 Å². The fourth-order valence-corrected chi connectivity index (χ4v) is 3.78. The molecule has 0 aliphatic rings. The van der Waals surface area contributed by atoms with Crippen LogP contribution in [0.25, 0.3) is 0 Å². The Morgan fingerprint density at radius 3 is 2.31 bits per heavy atom. The molecule has 11 heteroatoms. The van der Waals surface area contributed by atoms with Crippen LogP contribution in [0.4, 0.5) is 5.00 Å². The Morgan fingerprint density at radius 1 is 1.15 bits per heavy atom. The lowest BCUT2D eigenvalue weighted by Crippen LogP contribution is -2.15. The summed E-state index contributed by atoms with van der Waals surface area (Å²) in [5, 5.41) is 9.30. The number of ether oxygens (including phenoxy) is 2. The highest BCUT2D eigenvalue weighted by Gasteiger charge is 2.28. The van der Waals surface area contributed by atoms with Gasteiger partial charge in [-0.3, -0.25) is 9.89 Å². The number of H-pyrrole nitrogens is 1. The normalized spacial score (nSPS) is 10.5. The van der Waals surface area contributed by atoms with E-state index in [1.165, 1.54) is 0 Å². The number of amides is 1. The first-order valence-corrected chi connectivity index (χ1v) is 9.90. The molecule has 0 aromatic carbocycles. The molecule has 0 fully saturated rings. The molecule has 0 unspecified atom stereocenters. The van der Waals surface area contributed by atoms with Gasteiger partial charge in [0.15, 0.2) is 5.69 Å². The predicted molar refractivity (Wildman–Crippen MR) is 103 cm³/mol. The molecule has 0 aliphatic carbocycles. The molecule has 2 N–H and O–H groups in total. The zero-order valence-corrected chi connectivity index (χ0v) is 18.1. The smallest absolute Gasteiger partial charge is 0.348 e. The van der Waals surface area contributed by atoms with Gasteiger partial charge < -0.3 is 14.8 Å². The van der Waals surface area contributed by atoms with Gasteiger partial charge in [-0.1, -0.05) is 0 Å².